The average Bonchev–Trinajstić information content (AvgIpc) is 2.68. The van der Waals surface area contributed by atoms with E-state index in [4.69, 9.17) is 10.6 Å². The number of halogens is 1. The van der Waals surface area contributed by atoms with Crippen molar-refractivity contribution in [1.82, 2.24) is 9.99 Å². The van der Waals surface area contributed by atoms with Crippen molar-refractivity contribution in [2.45, 2.75) is 25.8 Å². The second-order valence-corrected chi connectivity index (χ2v) is 4.64. The maximum atomic E-state index is 5.93. The molecule has 0 spiro atoms. The van der Waals surface area contributed by atoms with Gasteiger partial charge in [-0.1, -0.05) is 0 Å². The first-order valence-electron chi connectivity index (χ1n) is 5.52. The maximum absolute atomic E-state index is 5.93. The molecule has 5 heteroatoms. The molecule has 0 radical (unpaired) electrons. The fourth-order valence-corrected chi connectivity index (χ4v) is 2.36. The van der Waals surface area contributed by atoms with Gasteiger partial charge in [-0.2, -0.15) is 0 Å². The highest BCUT2D eigenvalue weighted by molar-refractivity contribution is 9.10. The van der Waals surface area contributed by atoms with Crippen LogP contribution in [0.4, 0.5) is 0 Å². The number of hydrogen-bond donors (Lipinski definition) is 1. The van der Waals surface area contributed by atoms with Gasteiger partial charge in [0.25, 0.3) is 0 Å². The fraction of sp³-hybridized carbons (Fsp3) is 0.545. The van der Waals surface area contributed by atoms with Gasteiger partial charge in [-0.05, 0) is 47.3 Å². The Bertz CT molecular complexity index is 372. The predicted octanol–water partition coefficient (Wildman–Crippen LogP) is 2.25. The monoisotopic (exact) mass is 285 g/mol. The minimum absolute atomic E-state index is 0.278. The van der Waals surface area contributed by atoms with E-state index < -0.39 is 0 Å². The lowest BCUT2D eigenvalue weighted by molar-refractivity contribution is 0.264. The SMILES string of the molecule is CCOc1cc([C@@H]2CCCN2N)cnc1Br. The van der Waals surface area contributed by atoms with Crippen molar-refractivity contribution in [3.63, 3.8) is 0 Å². The summed E-state index contributed by atoms with van der Waals surface area (Å²) < 4.78 is 6.25. The predicted molar refractivity (Wildman–Crippen MR) is 66.0 cm³/mol. The minimum Gasteiger partial charge on any atom is -0.491 e. The zero-order chi connectivity index (χ0) is 11.5. The maximum Gasteiger partial charge on any atom is 0.152 e. The van der Waals surface area contributed by atoms with Crippen LogP contribution in [0.15, 0.2) is 16.9 Å². The Kier molecular flexibility index (Phi) is 3.78. The zero-order valence-electron chi connectivity index (χ0n) is 9.32. The summed E-state index contributed by atoms with van der Waals surface area (Å²) in [6.07, 6.45) is 4.09. The van der Waals surface area contributed by atoms with E-state index in [1.165, 1.54) is 0 Å². The molecule has 0 aliphatic carbocycles. The molecule has 16 heavy (non-hydrogen) atoms. The first-order chi connectivity index (χ1) is 7.72. The third-order valence-corrected chi connectivity index (χ3v) is 3.40. The van der Waals surface area contributed by atoms with Crippen LogP contribution < -0.4 is 10.6 Å². The van der Waals surface area contributed by atoms with E-state index in [1.54, 1.807) is 0 Å². The van der Waals surface area contributed by atoms with Crippen molar-refractivity contribution in [2.75, 3.05) is 13.2 Å². The van der Waals surface area contributed by atoms with Crippen LogP contribution in [0.3, 0.4) is 0 Å². The molecule has 0 saturated carbocycles. The minimum atomic E-state index is 0.278. The lowest BCUT2D eigenvalue weighted by Gasteiger charge is -2.19. The molecule has 0 unspecified atom stereocenters. The largest absolute Gasteiger partial charge is 0.491 e. The fourth-order valence-electron chi connectivity index (χ4n) is 2.03. The van der Waals surface area contributed by atoms with Gasteiger partial charge in [0.15, 0.2) is 5.75 Å². The Hall–Kier alpha value is -0.650. The Morgan fingerprint density at radius 1 is 1.69 bits per heavy atom. The normalized spacial score (nSPS) is 21.3. The van der Waals surface area contributed by atoms with Gasteiger partial charge in [0.2, 0.25) is 0 Å². The molecule has 0 bridgehead atoms. The van der Waals surface area contributed by atoms with Gasteiger partial charge in [0.1, 0.15) is 4.60 Å². The number of aromatic nitrogens is 1. The van der Waals surface area contributed by atoms with E-state index in [-0.39, 0.29) is 6.04 Å². The van der Waals surface area contributed by atoms with Crippen molar-refractivity contribution in [3.8, 4) is 5.75 Å². The van der Waals surface area contributed by atoms with Gasteiger partial charge < -0.3 is 4.74 Å². The number of nitrogens with zero attached hydrogens (tertiary/aromatic N) is 2. The standard InChI is InChI=1S/C11H16BrN3O/c1-2-16-10-6-8(7-14-11(10)12)9-4-3-5-15(9)13/h6-7,9H,2-5,13H2,1H3/t9-/m0/s1. The average molecular weight is 286 g/mol. The summed E-state index contributed by atoms with van der Waals surface area (Å²) in [5.74, 6) is 6.72. The first-order valence-corrected chi connectivity index (χ1v) is 6.31. The molecule has 1 aromatic heterocycles. The zero-order valence-corrected chi connectivity index (χ0v) is 10.9. The Morgan fingerprint density at radius 3 is 3.12 bits per heavy atom. The molecule has 1 saturated heterocycles. The first kappa shape index (κ1) is 11.8. The van der Waals surface area contributed by atoms with Gasteiger partial charge in [-0.3, -0.25) is 5.84 Å². The molecule has 0 aromatic carbocycles. The van der Waals surface area contributed by atoms with Crippen molar-refractivity contribution >= 4 is 15.9 Å². The lowest BCUT2D eigenvalue weighted by atomic mass is 10.1. The second kappa shape index (κ2) is 5.12. The molecule has 0 amide bonds. The summed E-state index contributed by atoms with van der Waals surface area (Å²) in [4.78, 5) is 4.29. The highest BCUT2D eigenvalue weighted by Crippen LogP contribution is 2.32. The number of hydrazine groups is 1. The van der Waals surface area contributed by atoms with Crippen molar-refractivity contribution in [1.29, 1.82) is 0 Å². The topological polar surface area (TPSA) is 51.4 Å². The molecule has 1 fully saturated rings. The quantitative estimate of drug-likeness (QED) is 0.684. The number of pyridine rings is 1. The molecule has 88 valence electrons. The summed E-state index contributed by atoms with van der Waals surface area (Å²) >= 11 is 3.37. The number of rotatable bonds is 3. The molecule has 1 aliphatic heterocycles. The highest BCUT2D eigenvalue weighted by atomic mass is 79.9. The van der Waals surface area contributed by atoms with E-state index in [1.807, 2.05) is 24.2 Å². The summed E-state index contributed by atoms with van der Waals surface area (Å²) in [6.45, 7) is 3.55. The third-order valence-electron chi connectivity index (χ3n) is 2.81. The second-order valence-electron chi connectivity index (χ2n) is 3.89. The Balaban J connectivity index is 2.24. The van der Waals surface area contributed by atoms with Crippen LogP contribution in [0, 0.1) is 0 Å². The molecule has 2 rings (SSSR count). The van der Waals surface area contributed by atoms with Gasteiger partial charge in [0, 0.05) is 12.7 Å². The molecular formula is C11H16BrN3O. The number of ether oxygens (including phenoxy) is 1. The van der Waals surface area contributed by atoms with E-state index in [9.17, 15) is 0 Å². The molecular weight excluding hydrogens is 270 g/mol. The van der Waals surface area contributed by atoms with Crippen LogP contribution in [-0.2, 0) is 0 Å². The van der Waals surface area contributed by atoms with Gasteiger partial charge in [0.05, 0.1) is 12.6 Å². The molecule has 1 aliphatic rings. The molecule has 1 atom stereocenters. The van der Waals surface area contributed by atoms with Crippen molar-refractivity contribution in [2.24, 2.45) is 5.84 Å². The van der Waals surface area contributed by atoms with Gasteiger partial charge >= 0.3 is 0 Å². The van der Waals surface area contributed by atoms with Crippen LogP contribution in [0.1, 0.15) is 31.4 Å². The van der Waals surface area contributed by atoms with Crippen LogP contribution in [0.5, 0.6) is 5.75 Å². The molecule has 1 aromatic rings. The van der Waals surface area contributed by atoms with Gasteiger partial charge in [-0.15, -0.1) is 0 Å². The smallest absolute Gasteiger partial charge is 0.152 e. The third kappa shape index (κ3) is 2.36. The van der Waals surface area contributed by atoms with Crippen LogP contribution in [0.2, 0.25) is 0 Å². The van der Waals surface area contributed by atoms with Crippen LogP contribution in [-0.4, -0.2) is 23.1 Å². The summed E-state index contributed by atoms with van der Waals surface area (Å²) in [5, 5.41) is 1.88. The van der Waals surface area contributed by atoms with E-state index >= 15 is 0 Å². The van der Waals surface area contributed by atoms with E-state index in [0.717, 1.165) is 35.3 Å². The van der Waals surface area contributed by atoms with Crippen molar-refractivity contribution < 1.29 is 4.74 Å². The summed E-state index contributed by atoms with van der Waals surface area (Å²) in [7, 11) is 0. The molecule has 2 heterocycles. The molecule has 4 nitrogen and oxygen atoms in total. The Morgan fingerprint density at radius 2 is 2.50 bits per heavy atom. The number of hydrogen-bond acceptors (Lipinski definition) is 4. The van der Waals surface area contributed by atoms with Crippen molar-refractivity contribution in [3.05, 3.63) is 22.4 Å². The highest BCUT2D eigenvalue weighted by Gasteiger charge is 2.24. The van der Waals surface area contributed by atoms with Crippen LogP contribution >= 0.6 is 15.9 Å². The summed E-state index contributed by atoms with van der Waals surface area (Å²) in [5.41, 5.74) is 1.13. The van der Waals surface area contributed by atoms with E-state index in [2.05, 4.69) is 20.9 Å². The molecule has 2 N–H and O–H groups in total. The Labute approximate surface area is 104 Å². The number of nitrogens with two attached hydrogens (primary N) is 1. The van der Waals surface area contributed by atoms with E-state index in [0.29, 0.717) is 6.61 Å². The lowest BCUT2D eigenvalue weighted by Crippen LogP contribution is -2.30. The van der Waals surface area contributed by atoms with Crippen LogP contribution in [0.25, 0.3) is 0 Å². The van der Waals surface area contributed by atoms with Gasteiger partial charge in [-0.25, -0.2) is 9.99 Å². The summed E-state index contributed by atoms with van der Waals surface area (Å²) in [6, 6.07) is 2.30.